The number of aliphatic hydroxyl groups is 1. The van der Waals surface area contributed by atoms with Gasteiger partial charge in [0.1, 0.15) is 11.4 Å². The number of amides is 2. The molecule has 3 N–H and O–H groups in total. The molecule has 0 radical (unpaired) electrons. The molecular formula is C25H41N5O6. The van der Waals surface area contributed by atoms with Gasteiger partial charge in [0.15, 0.2) is 0 Å². The van der Waals surface area contributed by atoms with E-state index in [4.69, 9.17) is 19.7 Å². The van der Waals surface area contributed by atoms with E-state index in [2.05, 4.69) is 20.7 Å². The van der Waals surface area contributed by atoms with Crippen molar-refractivity contribution in [3.05, 3.63) is 40.3 Å². The van der Waals surface area contributed by atoms with Crippen LogP contribution in [0.25, 0.3) is 10.4 Å². The second-order valence-electron chi connectivity index (χ2n) is 9.87. The van der Waals surface area contributed by atoms with Gasteiger partial charge < -0.3 is 30.0 Å². The van der Waals surface area contributed by atoms with E-state index >= 15 is 0 Å². The summed E-state index contributed by atoms with van der Waals surface area (Å²) in [6.07, 6.45) is -0.772. The third kappa shape index (κ3) is 12.1. The van der Waals surface area contributed by atoms with Crippen LogP contribution in [0, 0.1) is 11.8 Å². The average Bonchev–Trinajstić information content (AvgIpc) is 2.80. The van der Waals surface area contributed by atoms with E-state index in [1.54, 1.807) is 52.1 Å². The Morgan fingerprint density at radius 2 is 1.89 bits per heavy atom. The number of ether oxygens (including phenoxy) is 3. The van der Waals surface area contributed by atoms with Gasteiger partial charge >= 0.3 is 6.09 Å². The Morgan fingerprint density at radius 1 is 1.19 bits per heavy atom. The Bertz CT molecular complexity index is 867. The Balaban J connectivity index is 2.90. The van der Waals surface area contributed by atoms with Gasteiger partial charge in [0.2, 0.25) is 0 Å². The molecule has 2 amide bonds. The Morgan fingerprint density at radius 3 is 2.50 bits per heavy atom. The van der Waals surface area contributed by atoms with Gasteiger partial charge in [-0.2, -0.15) is 0 Å². The van der Waals surface area contributed by atoms with E-state index in [1.807, 2.05) is 13.8 Å². The van der Waals surface area contributed by atoms with Crippen molar-refractivity contribution < 1.29 is 28.9 Å². The third-order valence-electron chi connectivity index (χ3n) is 5.40. The molecule has 0 aliphatic rings. The van der Waals surface area contributed by atoms with Gasteiger partial charge in [0.05, 0.1) is 30.9 Å². The number of rotatable bonds is 15. The van der Waals surface area contributed by atoms with Crippen LogP contribution in [0.5, 0.6) is 5.75 Å². The molecule has 0 unspecified atom stereocenters. The van der Waals surface area contributed by atoms with E-state index in [0.29, 0.717) is 43.9 Å². The maximum atomic E-state index is 13.0. The lowest BCUT2D eigenvalue weighted by Crippen LogP contribution is -2.48. The Kier molecular flexibility index (Phi) is 13.7. The Labute approximate surface area is 213 Å². The van der Waals surface area contributed by atoms with E-state index in [-0.39, 0.29) is 24.3 Å². The molecule has 202 valence electrons. The van der Waals surface area contributed by atoms with Crippen LogP contribution in [0.1, 0.15) is 57.8 Å². The topological polar surface area (TPSA) is 155 Å². The molecule has 0 spiro atoms. The highest BCUT2D eigenvalue weighted by molar-refractivity contribution is 5.96. The smallest absolute Gasteiger partial charge is 0.407 e. The number of benzene rings is 1. The van der Waals surface area contributed by atoms with Crippen molar-refractivity contribution >= 4 is 12.0 Å². The monoisotopic (exact) mass is 507 g/mol. The number of hydrogen-bond acceptors (Lipinski definition) is 7. The minimum absolute atomic E-state index is 0.107. The van der Waals surface area contributed by atoms with E-state index in [9.17, 15) is 14.7 Å². The summed E-state index contributed by atoms with van der Waals surface area (Å²) in [6, 6.07) is 6.27. The molecule has 0 heterocycles. The van der Waals surface area contributed by atoms with Gasteiger partial charge in [0.25, 0.3) is 5.91 Å². The number of aliphatic hydroxyl groups excluding tert-OH is 1. The molecular weight excluding hydrogens is 466 g/mol. The fourth-order valence-electron chi connectivity index (χ4n) is 3.42. The minimum Gasteiger partial charge on any atom is -0.493 e. The normalized spacial score (nSPS) is 13.8. The summed E-state index contributed by atoms with van der Waals surface area (Å²) in [7, 11) is 1.62. The van der Waals surface area contributed by atoms with Gasteiger partial charge in [-0.3, -0.25) is 4.79 Å². The Hall–Kier alpha value is -3.01. The molecule has 0 saturated heterocycles. The maximum Gasteiger partial charge on any atom is 0.407 e. The van der Waals surface area contributed by atoms with Crippen LogP contribution in [0.2, 0.25) is 0 Å². The summed E-state index contributed by atoms with van der Waals surface area (Å²) >= 11 is 0. The van der Waals surface area contributed by atoms with Gasteiger partial charge in [-0.15, -0.1) is 0 Å². The zero-order valence-corrected chi connectivity index (χ0v) is 22.2. The van der Waals surface area contributed by atoms with Crippen LogP contribution in [0.15, 0.2) is 29.4 Å². The van der Waals surface area contributed by atoms with Crippen LogP contribution in [0.3, 0.4) is 0 Å². The van der Waals surface area contributed by atoms with Crippen molar-refractivity contribution in [2.24, 2.45) is 17.0 Å². The summed E-state index contributed by atoms with van der Waals surface area (Å²) in [6.45, 7) is 10.3. The minimum atomic E-state index is -1.12. The molecule has 0 saturated carbocycles. The summed E-state index contributed by atoms with van der Waals surface area (Å²) in [5.41, 5.74) is 8.34. The van der Waals surface area contributed by atoms with Crippen molar-refractivity contribution in [3.8, 4) is 5.75 Å². The molecule has 1 rings (SSSR count). The molecule has 0 aliphatic carbocycles. The van der Waals surface area contributed by atoms with Crippen LogP contribution in [0.4, 0.5) is 4.79 Å². The first-order chi connectivity index (χ1) is 17.0. The van der Waals surface area contributed by atoms with Gasteiger partial charge in [-0.05, 0) is 56.7 Å². The standard InChI is InChI=1S/C25H41N5O6/c1-17(2)18(14-20(21(31)16-28-30-26)29-24(33)36-25(3,4)5)15-27-23(32)19-10-7-8-11-22(19)35-13-9-12-34-6/h7-8,10-11,17-18,20-21,31H,9,12-16H2,1-6H3,(H,27,32)(H,29,33)/t18-,20+,21+/m1/s1. The highest BCUT2D eigenvalue weighted by Gasteiger charge is 2.29. The van der Waals surface area contributed by atoms with Gasteiger partial charge in [-0.1, -0.05) is 31.1 Å². The van der Waals surface area contributed by atoms with Crippen LogP contribution < -0.4 is 15.4 Å². The van der Waals surface area contributed by atoms with Crippen molar-refractivity contribution in [1.29, 1.82) is 0 Å². The summed E-state index contributed by atoms with van der Waals surface area (Å²) in [5.74, 6) is 0.209. The number of carbonyl (C=O) groups excluding carboxylic acids is 2. The SMILES string of the molecule is COCCCOc1ccccc1C(=O)NC[C@@H](C[C@H](NC(=O)OC(C)(C)C)[C@@H](O)CN=[N+]=[N-])C(C)C. The number of azide groups is 1. The molecule has 0 fully saturated rings. The van der Waals surface area contributed by atoms with Gasteiger partial charge in [0, 0.05) is 31.6 Å². The van der Waals surface area contributed by atoms with Crippen molar-refractivity contribution in [2.45, 2.75) is 65.2 Å². The fraction of sp³-hybridized carbons (Fsp3) is 0.680. The molecule has 0 aliphatic heterocycles. The first-order valence-corrected chi connectivity index (χ1v) is 12.2. The van der Waals surface area contributed by atoms with E-state index in [0.717, 1.165) is 0 Å². The molecule has 36 heavy (non-hydrogen) atoms. The largest absolute Gasteiger partial charge is 0.493 e. The number of para-hydroxylation sites is 1. The molecule has 1 aromatic carbocycles. The number of hydrogen-bond donors (Lipinski definition) is 3. The summed E-state index contributed by atoms with van der Waals surface area (Å²) in [4.78, 5) is 28.0. The first-order valence-electron chi connectivity index (χ1n) is 12.2. The average molecular weight is 508 g/mol. The predicted molar refractivity (Wildman–Crippen MR) is 137 cm³/mol. The second kappa shape index (κ2) is 15.9. The molecule has 11 heteroatoms. The van der Waals surface area contributed by atoms with Crippen LogP contribution >= 0.6 is 0 Å². The van der Waals surface area contributed by atoms with Crippen LogP contribution in [-0.2, 0) is 9.47 Å². The quantitative estimate of drug-likeness (QED) is 0.141. The summed E-state index contributed by atoms with van der Waals surface area (Å²) in [5, 5.41) is 19.7. The molecule has 0 aromatic heterocycles. The lowest BCUT2D eigenvalue weighted by molar-refractivity contribution is 0.0398. The van der Waals surface area contributed by atoms with E-state index < -0.39 is 23.8 Å². The molecule has 0 bridgehead atoms. The zero-order chi connectivity index (χ0) is 27.1. The number of nitrogens with one attached hydrogen (secondary N) is 2. The van der Waals surface area contributed by atoms with Crippen LogP contribution in [-0.4, -0.2) is 68.3 Å². The van der Waals surface area contributed by atoms with Gasteiger partial charge in [-0.25, -0.2) is 4.79 Å². The highest BCUT2D eigenvalue weighted by atomic mass is 16.6. The third-order valence-corrected chi connectivity index (χ3v) is 5.40. The number of carbonyl (C=O) groups is 2. The van der Waals surface area contributed by atoms with Crippen molar-refractivity contribution in [3.63, 3.8) is 0 Å². The summed E-state index contributed by atoms with van der Waals surface area (Å²) < 4.78 is 16.1. The first kappa shape index (κ1) is 31.0. The zero-order valence-electron chi connectivity index (χ0n) is 22.2. The van der Waals surface area contributed by atoms with E-state index in [1.165, 1.54) is 0 Å². The lowest BCUT2D eigenvalue weighted by Gasteiger charge is -2.30. The number of nitrogens with zero attached hydrogens (tertiary/aromatic N) is 3. The number of methoxy groups -OCH3 is 1. The number of alkyl carbamates (subject to hydrolysis) is 1. The maximum absolute atomic E-state index is 13.0. The fourth-order valence-corrected chi connectivity index (χ4v) is 3.42. The predicted octanol–water partition coefficient (Wildman–Crippen LogP) is 4.06. The highest BCUT2D eigenvalue weighted by Crippen LogP contribution is 2.21. The second-order valence-corrected chi connectivity index (χ2v) is 9.87. The van der Waals surface area contributed by atoms with Crippen molar-refractivity contribution in [1.82, 2.24) is 10.6 Å². The molecule has 11 nitrogen and oxygen atoms in total. The van der Waals surface area contributed by atoms with Crippen molar-refractivity contribution in [2.75, 3.05) is 33.4 Å². The lowest BCUT2D eigenvalue weighted by atomic mass is 9.87. The molecule has 1 aromatic rings. The molecule has 3 atom stereocenters.